The third kappa shape index (κ3) is 4.68. The fourth-order valence-corrected chi connectivity index (χ4v) is 4.29. The molecule has 5 aromatic rings. The van der Waals surface area contributed by atoms with E-state index in [1.54, 1.807) is 12.1 Å². The fourth-order valence-electron chi connectivity index (χ4n) is 3.41. The number of anilines is 1. The van der Waals surface area contributed by atoms with Crippen molar-refractivity contribution in [3.63, 3.8) is 0 Å². The van der Waals surface area contributed by atoms with E-state index in [4.69, 9.17) is 4.42 Å². The minimum absolute atomic E-state index is 0.115. The molecule has 3 heterocycles. The zero-order valence-corrected chi connectivity index (χ0v) is 19.3. The monoisotopic (exact) mass is 482 g/mol. The van der Waals surface area contributed by atoms with Crippen molar-refractivity contribution in [2.24, 2.45) is 0 Å². The Morgan fingerprint density at radius 1 is 0.971 bits per heavy atom. The van der Waals surface area contributed by atoms with Gasteiger partial charge in [0.1, 0.15) is 11.5 Å². The summed E-state index contributed by atoms with van der Waals surface area (Å²) in [5.74, 6) is 0.166. The van der Waals surface area contributed by atoms with Crippen LogP contribution in [0.5, 0.6) is 0 Å². The summed E-state index contributed by atoms with van der Waals surface area (Å²) in [6.07, 6.45) is 3.04. The Bertz CT molecular complexity index is 1510. The Morgan fingerprint density at radius 3 is 2.34 bits per heavy atom. The molecular weight excluding hydrogens is 464 g/mol. The highest BCUT2D eigenvalue weighted by atomic mass is 32.1. The molecule has 0 aliphatic rings. The number of nitrogens with zero attached hydrogens (tertiary/aromatic N) is 5. The van der Waals surface area contributed by atoms with Crippen molar-refractivity contribution >= 4 is 39.9 Å². The van der Waals surface area contributed by atoms with Crippen LogP contribution in [0, 0.1) is 0 Å². The van der Waals surface area contributed by atoms with Crippen molar-refractivity contribution in [3.05, 3.63) is 89.7 Å². The summed E-state index contributed by atoms with van der Waals surface area (Å²) < 4.78 is 6.76. The number of Topliss-reactive ketones (excluding diaryl/α,β-unsaturated/α-hetero) is 1. The molecule has 0 bridgehead atoms. The largest absolute Gasteiger partial charge is 0.465 e. The number of carbonyl (C=O) groups is 2. The summed E-state index contributed by atoms with van der Waals surface area (Å²) in [6.45, 7) is 1.47. The highest BCUT2D eigenvalue weighted by Gasteiger charge is 2.23. The number of rotatable bonds is 7. The molecule has 1 N–H and O–H groups in total. The molecule has 1 amide bonds. The van der Waals surface area contributed by atoms with Gasteiger partial charge in [0, 0.05) is 24.1 Å². The smallest absolute Gasteiger partial charge is 0.276 e. The molecule has 0 aliphatic carbocycles. The molecule has 0 aliphatic heterocycles. The lowest BCUT2D eigenvalue weighted by Crippen LogP contribution is -2.19. The van der Waals surface area contributed by atoms with E-state index in [0.29, 0.717) is 22.2 Å². The maximum atomic E-state index is 13.5. The van der Waals surface area contributed by atoms with Gasteiger partial charge in [0.05, 0.1) is 16.8 Å². The molecule has 3 aromatic heterocycles. The van der Waals surface area contributed by atoms with E-state index in [0.717, 1.165) is 22.5 Å². The van der Waals surface area contributed by atoms with Crippen LogP contribution in [0.1, 0.15) is 22.4 Å². The number of hydrogen-bond donors (Lipinski definition) is 1. The lowest BCUT2D eigenvalue weighted by atomic mass is 10.1. The number of ketones is 1. The SMILES string of the molecule is CC(=O)c1sc(NC(=O)/C(=C/c2ccco2)n2nnnc2-c2ccccc2)nc1-c1ccccc1. The number of tetrazole rings is 1. The molecular formula is C25H18N6O3S. The maximum Gasteiger partial charge on any atom is 0.276 e. The normalized spacial score (nSPS) is 11.4. The number of aromatic nitrogens is 5. The van der Waals surface area contributed by atoms with Crippen LogP contribution in [0.2, 0.25) is 0 Å². The number of amides is 1. The van der Waals surface area contributed by atoms with E-state index in [9.17, 15) is 9.59 Å². The highest BCUT2D eigenvalue weighted by molar-refractivity contribution is 7.18. The lowest BCUT2D eigenvalue weighted by Gasteiger charge is -2.09. The van der Waals surface area contributed by atoms with Gasteiger partial charge in [-0.25, -0.2) is 4.98 Å². The zero-order chi connectivity index (χ0) is 24.2. The second-order valence-electron chi connectivity index (χ2n) is 7.40. The van der Waals surface area contributed by atoms with Crippen molar-refractivity contribution in [1.82, 2.24) is 25.2 Å². The first-order chi connectivity index (χ1) is 17.1. The van der Waals surface area contributed by atoms with E-state index >= 15 is 0 Å². The van der Waals surface area contributed by atoms with Crippen LogP contribution in [0.15, 0.2) is 83.5 Å². The Labute approximate surface area is 203 Å². The van der Waals surface area contributed by atoms with Gasteiger partial charge in [-0.3, -0.25) is 14.9 Å². The Kier molecular flexibility index (Phi) is 6.10. The van der Waals surface area contributed by atoms with Gasteiger partial charge in [-0.05, 0) is 22.6 Å². The molecule has 0 radical (unpaired) electrons. The van der Waals surface area contributed by atoms with E-state index in [1.807, 2.05) is 60.7 Å². The average molecular weight is 483 g/mol. The van der Waals surface area contributed by atoms with Crippen LogP contribution >= 0.6 is 11.3 Å². The molecule has 9 nitrogen and oxygen atoms in total. The predicted molar refractivity (Wildman–Crippen MR) is 132 cm³/mol. The number of hydrogen-bond acceptors (Lipinski definition) is 8. The number of furan rings is 1. The first-order valence-corrected chi connectivity index (χ1v) is 11.4. The van der Waals surface area contributed by atoms with Crippen molar-refractivity contribution < 1.29 is 14.0 Å². The third-order valence-corrected chi connectivity index (χ3v) is 6.07. The standard InChI is InChI=1S/C25H18N6O3S/c1-16(32)22-21(17-9-4-2-5-10-17)26-25(35-22)27-24(33)20(15-19-13-8-14-34-19)31-23(28-29-30-31)18-11-6-3-7-12-18/h2-15H,1H3,(H,26,27,33)/b20-15-. The fraction of sp³-hybridized carbons (Fsp3) is 0.0400. The molecule has 2 aromatic carbocycles. The van der Waals surface area contributed by atoms with Crippen LogP contribution in [0.25, 0.3) is 34.4 Å². The molecule has 0 unspecified atom stereocenters. The van der Waals surface area contributed by atoms with Gasteiger partial charge in [0.2, 0.25) is 0 Å². The first kappa shape index (κ1) is 22.1. The second-order valence-corrected chi connectivity index (χ2v) is 8.40. The molecule has 10 heteroatoms. The van der Waals surface area contributed by atoms with Gasteiger partial charge >= 0.3 is 0 Å². The summed E-state index contributed by atoms with van der Waals surface area (Å²) >= 11 is 1.11. The van der Waals surface area contributed by atoms with E-state index in [1.165, 1.54) is 23.9 Å². The average Bonchev–Trinajstić information content (AvgIpc) is 3.64. The molecule has 0 fully saturated rings. The topological polar surface area (TPSA) is 116 Å². The predicted octanol–water partition coefficient (Wildman–Crippen LogP) is 4.90. The van der Waals surface area contributed by atoms with Crippen molar-refractivity contribution in [2.75, 3.05) is 5.32 Å². The highest BCUT2D eigenvalue weighted by Crippen LogP contribution is 2.32. The van der Waals surface area contributed by atoms with Gasteiger partial charge in [-0.15, -0.1) is 5.10 Å². The molecule has 0 spiro atoms. The van der Waals surface area contributed by atoms with E-state index in [2.05, 4.69) is 25.8 Å². The molecule has 0 saturated heterocycles. The van der Waals surface area contributed by atoms with Crippen molar-refractivity contribution in [3.8, 4) is 22.6 Å². The summed E-state index contributed by atoms with van der Waals surface area (Å²) in [6, 6.07) is 22.0. The summed E-state index contributed by atoms with van der Waals surface area (Å²) in [5.41, 5.74) is 2.15. The van der Waals surface area contributed by atoms with Crippen molar-refractivity contribution in [1.29, 1.82) is 0 Å². The van der Waals surface area contributed by atoms with E-state index in [-0.39, 0.29) is 16.6 Å². The van der Waals surface area contributed by atoms with Crippen LogP contribution in [-0.2, 0) is 4.79 Å². The number of thiazole rings is 1. The molecule has 172 valence electrons. The Hall–Kier alpha value is -4.70. The zero-order valence-electron chi connectivity index (χ0n) is 18.5. The van der Waals surface area contributed by atoms with Crippen LogP contribution in [-0.4, -0.2) is 36.9 Å². The lowest BCUT2D eigenvalue weighted by molar-refractivity contribution is -0.111. The van der Waals surface area contributed by atoms with Gasteiger partial charge in [0.25, 0.3) is 5.91 Å². The van der Waals surface area contributed by atoms with Crippen LogP contribution in [0.3, 0.4) is 0 Å². The van der Waals surface area contributed by atoms with Crippen LogP contribution in [0.4, 0.5) is 5.13 Å². The number of carbonyl (C=O) groups excluding carboxylic acids is 2. The molecule has 0 atom stereocenters. The number of benzene rings is 2. The minimum atomic E-state index is -0.519. The molecule has 35 heavy (non-hydrogen) atoms. The first-order valence-electron chi connectivity index (χ1n) is 10.6. The van der Waals surface area contributed by atoms with Crippen LogP contribution < -0.4 is 5.32 Å². The minimum Gasteiger partial charge on any atom is -0.465 e. The van der Waals surface area contributed by atoms with E-state index < -0.39 is 5.91 Å². The molecule has 5 rings (SSSR count). The maximum absolute atomic E-state index is 13.5. The third-order valence-electron chi connectivity index (χ3n) is 5.00. The molecule has 0 saturated carbocycles. The van der Waals surface area contributed by atoms with Gasteiger partial charge in [-0.1, -0.05) is 72.0 Å². The van der Waals surface area contributed by atoms with Gasteiger partial charge in [-0.2, -0.15) is 4.68 Å². The van der Waals surface area contributed by atoms with Gasteiger partial charge in [0.15, 0.2) is 16.7 Å². The van der Waals surface area contributed by atoms with Gasteiger partial charge < -0.3 is 4.42 Å². The summed E-state index contributed by atoms with van der Waals surface area (Å²) in [5, 5.41) is 15.0. The number of nitrogens with one attached hydrogen (secondary N) is 1. The quantitative estimate of drug-likeness (QED) is 0.259. The summed E-state index contributed by atoms with van der Waals surface area (Å²) in [4.78, 5) is 30.8. The summed E-state index contributed by atoms with van der Waals surface area (Å²) in [7, 11) is 0. The Balaban J connectivity index is 1.54. The second kappa shape index (κ2) is 9.65. The van der Waals surface area contributed by atoms with Crippen molar-refractivity contribution in [2.45, 2.75) is 6.92 Å². The Morgan fingerprint density at radius 2 is 1.69 bits per heavy atom.